The molecule has 3 radical (unpaired) electrons. The van der Waals surface area contributed by atoms with E-state index in [0.717, 1.165) is 5.75 Å². The third kappa shape index (κ3) is 4.79. The molecule has 2 rings (SSSR count). The molecule has 1 heterocycles. The van der Waals surface area contributed by atoms with Gasteiger partial charge in [0.15, 0.2) is 0 Å². The number of fused-ring (bicyclic) bond motifs is 1. The first-order valence-electron chi connectivity index (χ1n) is 3.35. The first-order chi connectivity index (χ1) is 4.97. The van der Waals surface area contributed by atoms with Gasteiger partial charge in [-0.1, -0.05) is 24.3 Å². The summed E-state index contributed by atoms with van der Waals surface area (Å²) >= 11 is 0. The van der Waals surface area contributed by atoms with E-state index in [0.29, 0.717) is 6.61 Å². The molecule has 1 aliphatic rings. The fraction of sp³-hybridized carbons (Fsp3) is 0.111. The molecule has 0 aliphatic carbocycles. The van der Waals surface area contributed by atoms with Crippen LogP contribution in [0.4, 0.5) is 0 Å². The predicted molar refractivity (Wildman–Crippen MR) is 57.8 cm³/mol. The summed E-state index contributed by atoms with van der Waals surface area (Å²) in [5, 5.41) is 0. The Hall–Kier alpha value is 0.437. The molecule has 1 atom stereocenters. The third-order valence-electron chi connectivity index (χ3n) is 1.55. The number of benzene rings is 1. The predicted octanol–water partition coefficient (Wildman–Crippen LogP) is 1.76. The minimum absolute atomic E-state index is 0. The quantitative estimate of drug-likeness (QED) is 0.460. The Morgan fingerprint density at radius 3 is 2.43 bits per heavy atom. The average molecular weight is 420 g/mol. The molecule has 0 saturated carbocycles. The van der Waals surface area contributed by atoms with Crippen molar-refractivity contribution in [2.24, 2.45) is 0 Å². The van der Waals surface area contributed by atoms with Crippen LogP contribution in [0.1, 0.15) is 5.56 Å². The van der Waals surface area contributed by atoms with Gasteiger partial charge in [-0.25, -0.2) is 0 Å². The Bertz CT molecular complexity index is 283. The maximum atomic E-state index is 5.34. The molecule has 0 fully saturated rings. The van der Waals surface area contributed by atoms with Gasteiger partial charge in [-0.15, -0.1) is 0 Å². The molecule has 5 heteroatoms. The Kier molecular flexibility index (Phi) is 14.2. The van der Waals surface area contributed by atoms with Crippen molar-refractivity contribution in [3.05, 3.63) is 35.9 Å². The molecule has 0 saturated heterocycles. The van der Waals surface area contributed by atoms with Crippen LogP contribution in [0.15, 0.2) is 30.3 Å². The summed E-state index contributed by atoms with van der Waals surface area (Å²) in [6.45, 7) is 0.705. The molecule has 1 aromatic carbocycles. The van der Waals surface area contributed by atoms with Gasteiger partial charge < -0.3 is 4.74 Å². The first-order valence-corrected chi connectivity index (χ1v) is 3.35. The molecule has 0 N–H and O–H groups in total. The molecular formula is C9H11BNiOPW. The zero-order valence-corrected chi connectivity index (χ0v) is 12.9. The van der Waals surface area contributed by atoms with Crippen LogP contribution in [0.2, 0.25) is 0 Å². The monoisotopic (exact) mass is 419 g/mol. The fourth-order valence-corrected chi connectivity index (χ4v) is 1.06. The molecule has 77 valence electrons. The van der Waals surface area contributed by atoms with Crippen molar-refractivity contribution in [3.63, 3.8) is 0 Å². The second-order valence-electron chi connectivity index (χ2n) is 2.25. The Labute approximate surface area is 114 Å². The van der Waals surface area contributed by atoms with Gasteiger partial charge in [-0.05, 0) is 12.1 Å². The van der Waals surface area contributed by atoms with Gasteiger partial charge in [0.1, 0.15) is 12.4 Å². The molecular weight excluding hydrogens is 408 g/mol. The van der Waals surface area contributed by atoms with Crippen molar-refractivity contribution in [1.29, 1.82) is 0 Å². The summed E-state index contributed by atoms with van der Waals surface area (Å²) in [4.78, 5) is 0. The zero-order valence-electron chi connectivity index (χ0n) is 7.59. The van der Waals surface area contributed by atoms with Crippen molar-refractivity contribution in [2.45, 2.75) is 0 Å². The third-order valence-corrected chi connectivity index (χ3v) is 1.55. The Morgan fingerprint density at radius 1 is 1.14 bits per heavy atom. The van der Waals surface area contributed by atoms with E-state index in [9.17, 15) is 0 Å². The van der Waals surface area contributed by atoms with E-state index in [1.54, 1.807) is 0 Å². The van der Waals surface area contributed by atoms with Gasteiger partial charge in [-0.2, -0.15) is 9.90 Å². The van der Waals surface area contributed by atoms with Crippen LogP contribution in [0.5, 0.6) is 5.75 Å². The standard InChI is InChI=1S/C9H8O.B.Ni.H3P.W/c1-2-6-9-8(4-1)5-3-7-10-9;;;;/h1-6H,7H2;;;1H3;. The van der Waals surface area contributed by atoms with Gasteiger partial charge in [0, 0.05) is 51.5 Å². The average Bonchev–Trinajstić information content (AvgIpc) is 2.05. The van der Waals surface area contributed by atoms with Crippen molar-refractivity contribution >= 4 is 24.4 Å². The summed E-state index contributed by atoms with van der Waals surface area (Å²) in [7, 11) is 0. The van der Waals surface area contributed by atoms with Gasteiger partial charge >= 0.3 is 0 Å². The Morgan fingerprint density at radius 2 is 1.79 bits per heavy atom. The summed E-state index contributed by atoms with van der Waals surface area (Å²) in [6.07, 6.45) is 4.10. The minimum atomic E-state index is 0. The van der Waals surface area contributed by atoms with E-state index in [1.807, 2.05) is 30.3 Å². The van der Waals surface area contributed by atoms with Crippen LogP contribution < -0.4 is 4.74 Å². The van der Waals surface area contributed by atoms with E-state index in [1.165, 1.54) is 5.56 Å². The molecule has 0 spiro atoms. The molecule has 1 nitrogen and oxygen atoms in total. The molecule has 0 amide bonds. The Balaban J connectivity index is -0.000000302. The summed E-state index contributed by atoms with van der Waals surface area (Å²) < 4.78 is 5.34. The molecule has 1 aromatic rings. The van der Waals surface area contributed by atoms with Crippen LogP contribution in [0.25, 0.3) is 6.08 Å². The van der Waals surface area contributed by atoms with Gasteiger partial charge in [0.2, 0.25) is 0 Å². The van der Waals surface area contributed by atoms with Crippen molar-refractivity contribution in [1.82, 2.24) is 0 Å². The van der Waals surface area contributed by atoms with E-state index >= 15 is 0 Å². The summed E-state index contributed by atoms with van der Waals surface area (Å²) in [5.41, 5.74) is 1.17. The SMILES string of the molecule is C1=Cc2ccccc2OC1.P.[B].[Ni].[W]. The normalized spacial score (nSPS) is 10.0. The number of para-hydroxylation sites is 1. The fourth-order valence-electron chi connectivity index (χ4n) is 1.06. The van der Waals surface area contributed by atoms with Crippen LogP contribution in [-0.2, 0) is 37.6 Å². The van der Waals surface area contributed by atoms with Crippen LogP contribution in [-0.4, -0.2) is 15.0 Å². The zero-order chi connectivity index (χ0) is 6.81. The summed E-state index contributed by atoms with van der Waals surface area (Å²) in [6, 6.07) is 8.03. The van der Waals surface area contributed by atoms with E-state index < -0.39 is 0 Å². The minimum Gasteiger partial charge on any atom is -0.489 e. The van der Waals surface area contributed by atoms with Gasteiger partial charge in [0.05, 0.1) is 0 Å². The summed E-state index contributed by atoms with van der Waals surface area (Å²) in [5.74, 6) is 0.991. The maximum absolute atomic E-state index is 5.34. The van der Waals surface area contributed by atoms with Crippen molar-refractivity contribution < 1.29 is 42.3 Å². The van der Waals surface area contributed by atoms with Gasteiger partial charge in [-0.3, -0.25) is 0 Å². The van der Waals surface area contributed by atoms with Crippen LogP contribution >= 0.6 is 9.90 Å². The number of hydrogen-bond donors (Lipinski definition) is 0. The van der Waals surface area contributed by atoms with Crippen molar-refractivity contribution in [3.8, 4) is 5.75 Å². The van der Waals surface area contributed by atoms with E-state index in [2.05, 4.69) is 6.08 Å². The molecule has 0 aromatic heterocycles. The van der Waals surface area contributed by atoms with Crippen LogP contribution in [0, 0.1) is 0 Å². The molecule has 1 unspecified atom stereocenters. The topological polar surface area (TPSA) is 9.23 Å². The smallest absolute Gasteiger partial charge is 0.126 e. The number of ether oxygens (including phenoxy) is 1. The van der Waals surface area contributed by atoms with E-state index in [4.69, 9.17) is 4.74 Å². The molecule has 14 heavy (non-hydrogen) atoms. The second-order valence-corrected chi connectivity index (χ2v) is 2.25. The maximum Gasteiger partial charge on any atom is 0.126 e. The van der Waals surface area contributed by atoms with E-state index in [-0.39, 0.29) is 55.9 Å². The van der Waals surface area contributed by atoms with Crippen molar-refractivity contribution in [2.75, 3.05) is 6.61 Å². The van der Waals surface area contributed by atoms with Gasteiger partial charge in [0.25, 0.3) is 0 Å². The largest absolute Gasteiger partial charge is 0.489 e. The first kappa shape index (κ1) is 19.9. The number of rotatable bonds is 0. The molecule has 0 bridgehead atoms. The number of hydrogen-bond acceptors (Lipinski definition) is 1. The molecule has 1 aliphatic heterocycles. The van der Waals surface area contributed by atoms with Crippen LogP contribution in [0.3, 0.4) is 0 Å². The second kappa shape index (κ2) is 9.97.